The van der Waals surface area contributed by atoms with E-state index in [4.69, 9.17) is 5.11 Å². The van der Waals surface area contributed by atoms with Gasteiger partial charge in [0.1, 0.15) is 6.04 Å². The molecule has 5 heteroatoms. The summed E-state index contributed by atoms with van der Waals surface area (Å²) in [4.78, 5) is 23.1. The Labute approximate surface area is 115 Å². The van der Waals surface area contributed by atoms with Crippen molar-refractivity contribution in [2.45, 2.75) is 65.0 Å². The van der Waals surface area contributed by atoms with Crippen molar-refractivity contribution >= 4 is 12.0 Å². The molecule has 3 N–H and O–H groups in total. The molecule has 0 aromatic rings. The van der Waals surface area contributed by atoms with Crippen LogP contribution in [0.1, 0.15) is 52.9 Å². The summed E-state index contributed by atoms with van der Waals surface area (Å²) < 4.78 is 0. The van der Waals surface area contributed by atoms with E-state index in [0.717, 1.165) is 25.7 Å². The number of carbonyl (C=O) groups excluding carboxylic acids is 1. The molecule has 1 saturated carbocycles. The molecular weight excluding hydrogens is 244 g/mol. The Bertz CT molecular complexity index is 320. The lowest BCUT2D eigenvalue weighted by Crippen LogP contribution is -2.52. The van der Waals surface area contributed by atoms with Crippen molar-refractivity contribution in [2.75, 3.05) is 0 Å². The zero-order valence-electron chi connectivity index (χ0n) is 12.1. The molecule has 1 fully saturated rings. The predicted octanol–water partition coefficient (Wildman–Crippen LogP) is 2.36. The van der Waals surface area contributed by atoms with Gasteiger partial charge in [-0.05, 0) is 24.7 Å². The van der Waals surface area contributed by atoms with Crippen molar-refractivity contribution < 1.29 is 14.7 Å². The van der Waals surface area contributed by atoms with Crippen LogP contribution in [0.3, 0.4) is 0 Å². The second-order valence-electron chi connectivity index (χ2n) is 5.69. The first-order chi connectivity index (χ1) is 8.95. The summed E-state index contributed by atoms with van der Waals surface area (Å²) in [7, 11) is 0. The molecule has 0 bridgehead atoms. The Hall–Kier alpha value is -1.26. The third-order valence-electron chi connectivity index (χ3n) is 4.19. The predicted molar refractivity (Wildman–Crippen MR) is 74.0 cm³/mol. The van der Waals surface area contributed by atoms with Gasteiger partial charge in [0, 0.05) is 6.04 Å². The van der Waals surface area contributed by atoms with Gasteiger partial charge in [-0.3, -0.25) is 0 Å². The minimum absolute atomic E-state index is 0.0768. The van der Waals surface area contributed by atoms with Gasteiger partial charge in [0.25, 0.3) is 0 Å². The van der Waals surface area contributed by atoms with Crippen molar-refractivity contribution in [2.24, 2.45) is 11.8 Å². The van der Waals surface area contributed by atoms with Crippen LogP contribution >= 0.6 is 0 Å². The maximum absolute atomic E-state index is 11.9. The quantitative estimate of drug-likeness (QED) is 0.717. The lowest BCUT2D eigenvalue weighted by Gasteiger charge is -2.30. The first-order valence-corrected chi connectivity index (χ1v) is 7.25. The third-order valence-corrected chi connectivity index (χ3v) is 4.19. The lowest BCUT2D eigenvalue weighted by atomic mass is 9.86. The van der Waals surface area contributed by atoms with E-state index < -0.39 is 12.0 Å². The van der Waals surface area contributed by atoms with Gasteiger partial charge in [0.15, 0.2) is 0 Å². The number of carbonyl (C=O) groups is 2. The fourth-order valence-corrected chi connectivity index (χ4v) is 2.57. The van der Waals surface area contributed by atoms with Gasteiger partial charge in [0.05, 0.1) is 0 Å². The second kappa shape index (κ2) is 7.36. The van der Waals surface area contributed by atoms with Gasteiger partial charge < -0.3 is 15.7 Å². The van der Waals surface area contributed by atoms with Crippen molar-refractivity contribution in [3.63, 3.8) is 0 Å². The molecule has 4 atom stereocenters. The van der Waals surface area contributed by atoms with Crippen LogP contribution in [0.4, 0.5) is 4.79 Å². The smallest absolute Gasteiger partial charge is 0.326 e. The number of nitrogens with one attached hydrogen (secondary N) is 2. The van der Waals surface area contributed by atoms with Crippen molar-refractivity contribution in [1.82, 2.24) is 10.6 Å². The molecule has 2 amide bonds. The monoisotopic (exact) mass is 270 g/mol. The number of rotatable bonds is 5. The second-order valence-corrected chi connectivity index (χ2v) is 5.69. The Morgan fingerprint density at radius 1 is 1.32 bits per heavy atom. The van der Waals surface area contributed by atoms with Gasteiger partial charge in [-0.15, -0.1) is 0 Å². The van der Waals surface area contributed by atoms with Crippen molar-refractivity contribution in [3.05, 3.63) is 0 Å². The van der Waals surface area contributed by atoms with Crippen LogP contribution < -0.4 is 10.6 Å². The molecule has 0 aromatic heterocycles. The van der Waals surface area contributed by atoms with E-state index in [-0.39, 0.29) is 18.0 Å². The molecule has 0 aliphatic heterocycles. The zero-order valence-corrected chi connectivity index (χ0v) is 12.1. The first-order valence-electron chi connectivity index (χ1n) is 7.25. The maximum atomic E-state index is 11.9. The molecular formula is C14H26N2O3. The lowest BCUT2D eigenvalue weighted by molar-refractivity contribution is -0.140. The molecule has 1 rings (SSSR count). The van der Waals surface area contributed by atoms with E-state index >= 15 is 0 Å². The summed E-state index contributed by atoms with van der Waals surface area (Å²) in [6.07, 6.45) is 5.17. The molecule has 19 heavy (non-hydrogen) atoms. The Kier molecular flexibility index (Phi) is 6.12. The zero-order chi connectivity index (χ0) is 14.4. The van der Waals surface area contributed by atoms with E-state index in [2.05, 4.69) is 17.6 Å². The largest absolute Gasteiger partial charge is 0.480 e. The molecule has 0 spiro atoms. The highest BCUT2D eigenvalue weighted by molar-refractivity contribution is 5.82. The Balaban J connectivity index is 2.50. The van der Waals surface area contributed by atoms with E-state index in [9.17, 15) is 9.59 Å². The van der Waals surface area contributed by atoms with Gasteiger partial charge in [-0.25, -0.2) is 9.59 Å². The number of hydrogen-bond acceptors (Lipinski definition) is 2. The van der Waals surface area contributed by atoms with E-state index in [0.29, 0.717) is 5.92 Å². The Morgan fingerprint density at radius 2 is 1.95 bits per heavy atom. The summed E-state index contributed by atoms with van der Waals surface area (Å²) in [5, 5.41) is 14.6. The minimum atomic E-state index is -0.971. The molecule has 110 valence electrons. The molecule has 0 saturated heterocycles. The summed E-state index contributed by atoms with van der Waals surface area (Å²) >= 11 is 0. The van der Waals surface area contributed by atoms with Gasteiger partial charge in [-0.1, -0.05) is 40.0 Å². The van der Waals surface area contributed by atoms with E-state index in [1.54, 1.807) is 0 Å². The maximum Gasteiger partial charge on any atom is 0.326 e. The normalized spacial score (nSPS) is 26.3. The standard InChI is InChI=1S/C14H26N2O3/c1-4-9(2)12(13(17)18)16-14(19)15-11-8-6-5-7-10(11)3/h9-12H,4-8H2,1-3H3,(H,17,18)(H2,15,16,19)/t9?,10?,11?,12-/m0/s1. The van der Waals surface area contributed by atoms with Gasteiger partial charge in [-0.2, -0.15) is 0 Å². The SMILES string of the molecule is CCC(C)[C@H](NC(=O)NC1CCCCC1C)C(=O)O. The first kappa shape index (κ1) is 15.8. The third kappa shape index (κ3) is 4.73. The Morgan fingerprint density at radius 3 is 2.47 bits per heavy atom. The van der Waals surface area contributed by atoms with Crippen LogP contribution in [0, 0.1) is 11.8 Å². The van der Waals surface area contributed by atoms with Crippen molar-refractivity contribution in [1.29, 1.82) is 0 Å². The van der Waals surface area contributed by atoms with E-state index in [1.807, 2.05) is 13.8 Å². The molecule has 0 heterocycles. The van der Waals surface area contributed by atoms with E-state index in [1.165, 1.54) is 6.42 Å². The average molecular weight is 270 g/mol. The summed E-state index contributed by atoms with van der Waals surface area (Å²) in [6.45, 7) is 5.89. The van der Waals surface area contributed by atoms with Crippen LogP contribution in [-0.2, 0) is 4.79 Å². The van der Waals surface area contributed by atoms with Gasteiger partial charge >= 0.3 is 12.0 Å². The topological polar surface area (TPSA) is 78.4 Å². The average Bonchev–Trinajstić information content (AvgIpc) is 2.37. The fraction of sp³-hybridized carbons (Fsp3) is 0.857. The van der Waals surface area contributed by atoms with Crippen LogP contribution in [0.15, 0.2) is 0 Å². The van der Waals surface area contributed by atoms with Crippen LogP contribution in [0.2, 0.25) is 0 Å². The highest BCUT2D eigenvalue weighted by Gasteiger charge is 2.28. The number of carboxylic acid groups (broad SMARTS) is 1. The summed E-state index contributed by atoms with van der Waals surface area (Å²) in [5.74, 6) is -0.584. The van der Waals surface area contributed by atoms with Crippen LogP contribution in [0.25, 0.3) is 0 Å². The summed E-state index contributed by atoms with van der Waals surface area (Å²) in [5.41, 5.74) is 0. The summed E-state index contributed by atoms with van der Waals surface area (Å²) in [6, 6.07) is -1.00. The molecule has 0 aromatic carbocycles. The molecule has 0 radical (unpaired) electrons. The molecule has 3 unspecified atom stereocenters. The number of aliphatic carboxylic acids is 1. The minimum Gasteiger partial charge on any atom is -0.480 e. The highest BCUT2D eigenvalue weighted by Crippen LogP contribution is 2.23. The number of urea groups is 1. The molecule has 5 nitrogen and oxygen atoms in total. The fourth-order valence-electron chi connectivity index (χ4n) is 2.57. The number of hydrogen-bond donors (Lipinski definition) is 3. The number of amides is 2. The highest BCUT2D eigenvalue weighted by atomic mass is 16.4. The van der Waals surface area contributed by atoms with Gasteiger partial charge in [0.2, 0.25) is 0 Å². The van der Waals surface area contributed by atoms with Crippen molar-refractivity contribution in [3.8, 4) is 0 Å². The number of carboxylic acids is 1. The molecule has 1 aliphatic carbocycles. The van der Waals surface area contributed by atoms with Crippen LogP contribution in [0.5, 0.6) is 0 Å². The molecule has 1 aliphatic rings. The van der Waals surface area contributed by atoms with Crippen LogP contribution in [-0.4, -0.2) is 29.2 Å².